The molecule has 0 saturated carbocycles. The lowest BCUT2D eigenvalue weighted by Gasteiger charge is -2.33. The molecule has 2 fully saturated rings. The first kappa shape index (κ1) is 27.0. The van der Waals surface area contributed by atoms with Gasteiger partial charge in [0.15, 0.2) is 0 Å². The summed E-state index contributed by atoms with van der Waals surface area (Å²) in [5.74, 6) is 0.982. The summed E-state index contributed by atoms with van der Waals surface area (Å²) in [6.45, 7) is 8.79. The van der Waals surface area contributed by atoms with Crippen LogP contribution >= 0.6 is 0 Å². The fourth-order valence-corrected chi connectivity index (χ4v) is 4.07. The Morgan fingerprint density at radius 2 is 1.86 bits per heavy atom. The number of rotatable bonds is 8. The first-order chi connectivity index (χ1) is 16.9. The van der Waals surface area contributed by atoms with Gasteiger partial charge in [0.1, 0.15) is 24.2 Å². The van der Waals surface area contributed by atoms with Crippen molar-refractivity contribution in [2.45, 2.75) is 78.0 Å². The van der Waals surface area contributed by atoms with Crippen molar-refractivity contribution in [2.24, 2.45) is 0 Å². The number of ether oxygens (including phenoxy) is 5. The lowest BCUT2D eigenvalue weighted by atomic mass is 10.0. The van der Waals surface area contributed by atoms with Crippen LogP contribution in [0.15, 0.2) is 42.5 Å². The van der Waals surface area contributed by atoms with E-state index in [9.17, 15) is 9.90 Å². The Morgan fingerprint density at radius 1 is 1.09 bits per heavy atom. The monoisotopic (exact) mass is 486 g/mol. The van der Waals surface area contributed by atoms with E-state index in [4.69, 9.17) is 23.7 Å². The highest BCUT2D eigenvalue weighted by Crippen LogP contribution is 2.32. The molecule has 1 N–H and O–H groups in total. The van der Waals surface area contributed by atoms with Gasteiger partial charge in [-0.3, -0.25) is 4.79 Å². The van der Waals surface area contributed by atoms with Crippen LogP contribution in [0.25, 0.3) is 0 Å². The van der Waals surface area contributed by atoms with E-state index in [2.05, 4.69) is 31.2 Å². The zero-order chi connectivity index (χ0) is 25.2. The minimum Gasteiger partial charge on any atom is -0.488 e. The van der Waals surface area contributed by atoms with Gasteiger partial charge in [0.25, 0.3) is 0 Å². The van der Waals surface area contributed by atoms with E-state index < -0.39 is 18.5 Å². The maximum absolute atomic E-state index is 11.2. The molecule has 2 saturated heterocycles. The van der Waals surface area contributed by atoms with Gasteiger partial charge in [-0.25, -0.2) is 0 Å². The lowest BCUT2D eigenvalue weighted by Crippen LogP contribution is -2.41. The second-order valence-electron chi connectivity index (χ2n) is 8.77. The molecule has 7 nitrogen and oxygen atoms in total. The molecule has 2 aromatic carbocycles. The van der Waals surface area contributed by atoms with E-state index in [1.807, 2.05) is 32.0 Å². The van der Waals surface area contributed by atoms with Crippen molar-refractivity contribution >= 4 is 5.97 Å². The molecule has 0 amide bonds. The van der Waals surface area contributed by atoms with E-state index in [1.165, 1.54) is 18.1 Å². The summed E-state index contributed by atoms with van der Waals surface area (Å²) in [5.41, 5.74) is 3.37. The molecule has 0 aromatic heterocycles. The van der Waals surface area contributed by atoms with Crippen LogP contribution in [0, 0.1) is 6.92 Å². The van der Waals surface area contributed by atoms with Crippen LogP contribution in [0.2, 0.25) is 0 Å². The second kappa shape index (κ2) is 13.5. The van der Waals surface area contributed by atoms with Gasteiger partial charge in [-0.1, -0.05) is 49.7 Å². The molecule has 0 spiro atoms. The second-order valence-corrected chi connectivity index (χ2v) is 8.77. The van der Waals surface area contributed by atoms with E-state index >= 15 is 0 Å². The summed E-state index contributed by atoms with van der Waals surface area (Å²) >= 11 is 0. The van der Waals surface area contributed by atoms with Crippen LogP contribution in [0.1, 0.15) is 56.7 Å². The smallest absolute Gasteiger partial charge is 0.302 e. The highest BCUT2D eigenvalue weighted by Gasteiger charge is 2.31. The molecule has 2 heterocycles. The molecule has 0 aliphatic carbocycles. The molecule has 2 aliphatic heterocycles. The fourth-order valence-electron chi connectivity index (χ4n) is 4.07. The van der Waals surface area contributed by atoms with Gasteiger partial charge >= 0.3 is 5.97 Å². The minimum absolute atomic E-state index is 0.0293. The highest BCUT2D eigenvalue weighted by molar-refractivity contribution is 5.65. The predicted octanol–water partition coefficient (Wildman–Crippen LogP) is 4.59. The lowest BCUT2D eigenvalue weighted by molar-refractivity contribution is -0.192. The normalized spacial score (nSPS) is 23.7. The van der Waals surface area contributed by atoms with Gasteiger partial charge in [-0.15, -0.1) is 0 Å². The maximum Gasteiger partial charge on any atom is 0.302 e. The summed E-state index contributed by atoms with van der Waals surface area (Å²) < 4.78 is 28.8. The van der Waals surface area contributed by atoms with Crippen molar-refractivity contribution in [3.05, 3.63) is 59.2 Å². The molecule has 7 heteroatoms. The van der Waals surface area contributed by atoms with Crippen molar-refractivity contribution in [2.75, 3.05) is 19.8 Å². The van der Waals surface area contributed by atoms with Crippen molar-refractivity contribution in [1.29, 1.82) is 0 Å². The molecule has 2 aliphatic rings. The van der Waals surface area contributed by atoms with Crippen LogP contribution in [0.4, 0.5) is 0 Å². The van der Waals surface area contributed by atoms with Gasteiger partial charge in [-0.2, -0.15) is 0 Å². The van der Waals surface area contributed by atoms with E-state index in [0.29, 0.717) is 44.0 Å². The molecule has 4 unspecified atom stereocenters. The first-order valence-electron chi connectivity index (χ1n) is 12.5. The third kappa shape index (κ3) is 8.53. The van der Waals surface area contributed by atoms with Crippen molar-refractivity contribution < 1.29 is 33.6 Å². The summed E-state index contributed by atoms with van der Waals surface area (Å²) in [4.78, 5) is 11.2. The van der Waals surface area contributed by atoms with Crippen molar-refractivity contribution in [3.63, 3.8) is 0 Å². The third-order valence-corrected chi connectivity index (χ3v) is 5.82. The molecule has 4 rings (SSSR count). The van der Waals surface area contributed by atoms with E-state index in [-0.39, 0.29) is 18.7 Å². The number of esters is 1. The number of aryl methyl sites for hydroxylation is 1. The molecule has 192 valence electrons. The summed E-state index contributed by atoms with van der Waals surface area (Å²) in [5, 5.41) is 10.3. The standard InChI is InChI=1S/C26H32O7.C2H6/c1-17-3-5-19(6-4-17)11-20-7-8-22(31-23-9-10-29-15-23)14-25(20)33-26-13-21(28)12-24(32-26)16-30-18(2)27;1-2/h3-8,14,21,23-24,26,28H,9-13,15-16H2,1-2H3;1-2H3. The summed E-state index contributed by atoms with van der Waals surface area (Å²) in [7, 11) is 0. The largest absolute Gasteiger partial charge is 0.488 e. The quantitative estimate of drug-likeness (QED) is 0.547. The van der Waals surface area contributed by atoms with Crippen molar-refractivity contribution in [1.82, 2.24) is 0 Å². The maximum atomic E-state index is 11.2. The number of aliphatic hydroxyl groups is 1. The molecule has 0 radical (unpaired) electrons. The van der Waals surface area contributed by atoms with Gasteiger partial charge < -0.3 is 28.8 Å². The molecule has 0 bridgehead atoms. The Kier molecular flexibility index (Phi) is 10.4. The summed E-state index contributed by atoms with van der Waals surface area (Å²) in [6.07, 6.45) is 0.637. The van der Waals surface area contributed by atoms with Crippen LogP contribution in [0.5, 0.6) is 11.5 Å². The topological polar surface area (TPSA) is 83.5 Å². The molecular weight excluding hydrogens is 448 g/mol. The fraction of sp³-hybridized carbons (Fsp3) is 0.536. The van der Waals surface area contributed by atoms with Crippen molar-refractivity contribution in [3.8, 4) is 11.5 Å². The van der Waals surface area contributed by atoms with Crippen LogP contribution in [-0.4, -0.2) is 55.5 Å². The SMILES string of the molecule is CC.CC(=O)OCC1CC(O)CC(Oc2cc(OC3CCOC3)ccc2Cc2ccc(C)cc2)O1. The Labute approximate surface area is 208 Å². The highest BCUT2D eigenvalue weighted by atomic mass is 16.7. The number of hydrogen-bond donors (Lipinski definition) is 1. The Bertz CT molecular complexity index is 921. The number of hydrogen-bond acceptors (Lipinski definition) is 7. The van der Waals surface area contributed by atoms with Gasteiger partial charge in [0, 0.05) is 38.7 Å². The predicted molar refractivity (Wildman–Crippen MR) is 133 cm³/mol. The molecular formula is C28H38O7. The Hall–Kier alpha value is -2.61. The number of aliphatic hydroxyl groups excluding tert-OH is 1. The molecule has 4 atom stereocenters. The number of carbonyl (C=O) groups is 1. The number of benzene rings is 2. The molecule has 2 aromatic rings. The van der Waals surface area contributed by atoms with E-state index in [1.54, 1.807) is 0 Å². The van der Waals surface area contributed by atoms with E-state index in [0.717, 1.165) is 12.0 Å². The Morgan fingerprint density at radius 3 is 2.54 bits per heavy atom. The average molecular weight is 487 g/mol. The van der Waals surface area contributed by atoms with Gasteiger partial charge in [0.05, 0.1) is 25.4 Å². The van der Waals surface area contributed by atoms with Crippen LogP contribution in [0.3, 0.4) is 0 Å². The zero-order valence-corrected chi connectivity index (χ0v) is 21.2. The van der Waals surface area contributed by atoms with Crippen LogP contribution in [-0.2, 0) is 25.4 Å². The zero-order valence-electron chi connectivity index (χ0n) is 21.2. The van der Waals surface area contributed by atoms with Gasteiger partial charge in [-0.05, 0) is 24.1 Å². The third-order valence-electron chi connectivity index (χ3n) is 5.82. The molecule has 35 heavy (non-hydrogen) atoms. The summed E-state index contributed by atoms with van der Waals surface area (Å²) in [6, 6.07) is 14.2. The average Bonchev–Trinajstić information content (AvgIpc) is 3.35. The van der Waals surface area contributed by atoms with Crippen LogP contribution < -0.4 is 9.47 Å². The number of carbonyl (C=O) groups excluding carboxylic acids is 1. The Balaban J connectivity index is 0.00000167. The first-order valence-corrected chi connectivity index (χ1v) is 12.5. The minimum atomic E-state index is -0.656. The van der Waals surface area contributed by atoms with Gasteiger partial charge in [0.2, 0.25) is 6.29 Å².